The number of nitrogen functional groups attached to an aromatic ring is 2. The maximum Gasteiger partial charge on any atom is 0.165 e. The summed E-state index contributed by atoms with van der Waals surface area (Å²) in [5.74, 6) is -0.0292. The van der Waals surface area contributed by atoms with Gasteiger partial charge in [0, 0.05) is 40.0 Å². The van der Waals surface area contributed by atoms with Crippen molar-refractivity contribution in [1.82, 2.24) is 0 Å². The van der Waals surface area contributed by atoms with Crippen LogP contribution in [0.4, 0.5) is 20.2 Å². The first kappa shape index (κ1) is 22.1. The largest absolute Gasteiger partial charge is 0.454 e. The van der Waals surface area contributed by atoms with Crippen LogP contribution in [0.3, 0.4) is 0 Å². The Hall–Kier alpha value is -4.06. The van der Waals surface area contributed by atoms with E-state index in [-0.39, 0.29) is 11.5 Å². The van der Waals surface area contributed by atoms with Crippen LogP contribution in [0, 0.1) is 11.6 Å². The van der Waals surface area contributed by atoms with E-state index < -0.39 is 17.0 Å². The molecular weight excluding hydrogens is 422 g/mol. The summed E-state index contributed by atoms with van der Waals surface area (Å²) in [6.07, 6.45) is 0. The molecule has 0 atom stereocenters. The fourth-order valence-corrected chi connectivity index (χ4v) is 3.72. The number of para-hydroxylation sites is 2. The Kier molecular flexibility index (Phi) is 5.92. The molecule has 0 unspecified atom stereocenters. The van der Waals surface area contributed by atoms with Crippen molar-refractivity contribution in [2.45, 2.75) is 19.3 Å². The minimum atomic E-state index is -0.652. The lowest BCUT2D eigenvalue weighted by atomic mass is 9.77. The van der Waals surface area contributed by atoms with Gasteiger partial charge in [-0.15, -0.1) is 0 Å². The minimum Gasteiger partial charge on any atom is -0.454 e. The Morgan fingerprint density at radius 2 is 0.970 bits per heavy atom. The summed E-state index contributed by atoms with van der Waals surface area (Å²) in [7, 11) is 0. The van der Waals surface area contributed by atoms with E-state index in [0.717, 1.165) is 11.1 Å². The Morgan fingerprint density at radius 3 is 1.39 bits per heavy atom. The first-order chi connectivity index (χ1) is 15.8. The molecule has 0 radical (unpaired) electrons. The van der Waals surface area contributed by atoms with Gasteiger partial charge in [0.05, 0.1) is 0 Å². The zero-order valence-electron chi connectivity index (χ0n) is 18.3. The number of benzene rings is 4. The van der Waals surface area contributed by atoms with Gasteiger partial charge in [-0.3, -0.25) is 0 Å². The molecule has 0 fully saturated rings. The van der Waals surface area contributed by atoms with Crippen molar-refractivity contribution in [3.63, 3.8) is 0 Å². The van der Waals surface area contributed by atoms with Gasteiger partial charge in [0.1, 0.15) is 11.5 Å². The Labute approximate surface area is 191 Å². The van der Waals surface area contributed by atoms with E-state index in [0.29, 0.717) is 22.9 Å². The van der Waals surface area contributed by atoms with Crippen LogP contribution in [0.1, 0.15) is 25.0 Å². The molecule has 4 aromatic rings. The summed E-state index contributed by atoms with van der Waals surface area (Å²) < 4.78 is 40.6. The molecule has 0 aliphatic rings. The highest BCUT2D eigenvalue weighted by Gasteiger charge is 2.30. The van der Waals surface area contributed by atoms with Crippen LogP contribution in [-0.2, 0) is 5.41 Å². The summed E-state index contributed by atoms with van der Waals surface area (Å²) in [5.41, 5.74) is 13.3. The molecule has 4 aromatic carbocycles. The molecule has 0 bridgehead atoms. The number of anilines is 2. The number of hydrogen-bond acceptors (Lipinski definition) is 4. The van der Waals surface area contributed by atoms with Gasteiger partial charge in [-0.05, 0) is 36.4 Å². The first-order valence-electron chi connectivity index (χ1n) is 10.4. The molecule has 0 aliphatic carbocycles. The molecule has 0 saturated carbocycles. The van der Waals surface area contributed by atoms with Crippen molar-refractivity contribution < 1.29 is 18.3 Å². The van der Waals surface area contributed by atoms with E-state index in [2.05, 4.69) is 0 Å². The lowest BCUT2D eigenvalue weighted by Gasteiger charge is -2.30. The third-order valence-electron chi connectivity index (χ3n) is 5.47. The Balaban J connectivity index is 1.76. The standard InChI is InChI=1S/C27H24F2N2O2/c1-27(2,19-7-3-5-9-23(19)32-25-15-17(30)11-13-21(25)28)20-8-4-6-10-24(20)33-26-16-18(31)12-14-22(26)29/h3-16H,30-31H2,1-2H3. The number of hydrogen-bond donors (Lipinski definition) is 2. The van der Waals surface area contributed by atoms with E-state index in [4.69, 9.17) is 20.9 Å². The van der Waals surface area contributed by atoms with Gasteiger partial charge in [-0.25, -0.2) is 8.78 Å². The highest BCUT2D eigenvalue weighted by Crippen LogP contribution is 2.44. The highest BCUT2D eigenvalue weighted by atomic mass is 19.1. The molecule has 4 N–H and O–H groups in total. The zero-order chi connectivity index (χ0) is 23.6. The topological polar surface area (TPSA) is 70.5 Å². The summed E-state index contributed by atoms with van der Waals surface area (Å²) >= 11 is 0. The molecular formula is C27H24F2N2O2. The molecule has 0 saturated heterocycles. The van der Waals surface area contributed by atoms with Crippen LogP contribution in [0.5, 0.6) is 23.0 Å². The number of rotatable bonds is 6. The molecule has 0 aromatic heterocycles. The van der Waals surface area contributed by atoms with Crippen LogP contribution in [0.15, 0.2) is 84.9 Å². The van der Waals surface area contributed by atoms with Gasteiger partial charge in [0.2, 0.25) is 0 Å². The van der Waals surface area contributed by atoms with Gasteiger partial charge >= 0.3 is 0 Å². The second-order valence-corrected chi connectivity index (χ2v) is 8.20. The van der Waals surface area contributed by atoms with Crippen LogP contribution in [0.2, 0.25) is 0 Å². The zero-order valence-corrected chi connectivity index (χ0v) is 18.3. The molecule has 6 heteroatoms. The predicted molar refractivity (Wildman–Crippen MR) is 127 cm³/mol. The lowest BCUT2D eigenvalue weighted by Crippen LogP contribution is -2.20. The predicted octanol–water partition coefficient (Wildman–Crippen LogP) is 7.04. The maximum absolute atomic E-state index is 14.3. The summed E-state index contributed by atoms with van der Waals surface area (Å²) in [6, 6.07) is 23.1. The number of ether oxygens (including phenoxy) is 2. The van der Waals surface area contributed by atoms with Crippen LogP contribution >= 0.6 is 0 Å². The molecule has 4 nitrogen and oxygen atoms in total. The second-order valence-electron chi connectivity index (χ2n) is 8.20. The smallest absolute Gasteiger partial charge is 0.165 e. The van der Waals surface area contributed by atoms with E-state index in [1.807, 2.05) is 50.2 Å². The van der Waals surface area contributed by atoms with Gasteiger partial charge in [-0.2, -0.15) is 0 Å². The SMILES string of the molecule is CC(C)(c1ccccc1Oc1cc(N)ccc1F)c1ccccc1Oc1cc(N)ccc1F. The van der Waals surface area contributed by atoms with E-state index in [9.17, 15) is 8.78 Å². The quantitative estimate of drug-likeness (QED) is 0.312. The van der Waals surface area contributed by atoms with Gasteiger partial charge in [-0.1, -0.05) is 50.2 Å². The molecule has 0 aliphatic heterocycles. The third-order valence-corrected chi connectivity index (χ3v) is 5.47. The summed E-state index contributed by atoms with van der Waals surface area (Å²) in [5, 5.41) is 0. The van der Waals surface area contributed by atoms with Crippen molar-refractivity contribution in [2.24, 2.45) is 0 Å². The van der Waals surface area contributed by atoms with Gasteiger partial charge in [0.25, 0.3) is 0 Å². The Bertz CT molecular complexity index is 1210. The van der Waals surface area contributed by atoms with Crippen LogP contribution < -0.4 is 20.9 Å². The van der Waals surface area contributed by atoms with Crippen molar-refractivity contribution in [1.29, 1.82) is 0 Å². The number of halogens is 2. The third kappa shape index (κ3) is 4.60. The van der Waals surface area contributed by atoms with Crippen molar-refractivity contribution in [2.75, 3.05) is 11.5 Å². The fraction of sp³-hybridized carbons (Fsp3) is 0.111. The maximum atomic E-state index is 14.3. The van der Waals surface area contributed by atoms with Gasteiger partial charge < -0.3 is 20.9 Å². The average molecular weight is 446 g/mol. The summed E-state index contributed by atoms with van der Waals surface area (Å²) in [4.78, 5) is 0. The molecule has 168 valence electrons. The highest BCUT2D eigenvalue weighted by molar-refractivity contribution is 5.54. The fourth-order valence-electron chi connectivity index (χ4n) is 3.72. The van der Waals surface area contributed by atoms with E-state index in [1.54, 1.807) is 12.1 Å². The van der Waals surface area contributed by atoms with Crippen LogP contribution in [-0.4, -0.2) is 0 Å². The molecule has 33 heavy (non-hydrogen) atoms. The van der Waals surface area contributed by atoms with Crippen molar-refractivity contribution >= 4 is 11.4 Å². The first-order valence-corrected chi connectivity index (χ1v) is 10.4. The van der Waals surface area contributed by atoms with Crippen molar-refractivity contribution in [3.8, 4) is 23.0 Å². The minimum absolute atomic E-state index is 0.0321. The molecule has 0 amide bonds. The molecule has 0 spiro atoms. The monoisotopic (exact) mass is 446 g/mol. The van der Waals surface area contributed by atoms with E-state index >= 15 is 0 Å². The Morgan fingerprint density at radius 1 is 0.576 bits per heavy atom. The molecule has 0 heterocycles. The van der Waals surface area contributed by atoms with Gasteiger partial charge in [0.15, 0.2) is 23.1 Å². The molecule has 4 rings (SSSR count). The van der Waals surface area contributed by atoms with Crippen LogP contribution in [0.25, 0.3) is 0 Å². The normalized spacial score (nSPS) is 11.3. The van der Waals surface area contributed by atoms with E-state index in [1.165, 1.54) is 36.4 Å². The summed E-state index contributed by atoms with van der Waals surface area (Å²) in [6.45, 7) is 3.98. The number of nitrogens with two attached hydrogens (primary N) is 2. The second kappa shape index (κ2) is 8.82. The lowest BCUT2D eigenvalue weighted by molar-refractivity contribution is 0.416. The average Bonchev–Trinajstić information content (AvgIpc) is 2.79. The van der Waals surface area contributed by atoms with Crippen molar-refractivity contribution in [3.05, 3.63) is 108 Å².